The molecule has 0 bridgehead atoms. The number of hydrogen-bond donors (Lipinski definition) is 0. The van der Waals surface area contributed by atoms with Crippen molar-refractivity contribution in [3.8, 4) is 0 Å². The van der Waals surface area contributed by atoms with Gasteiger partial charge in [-0.1, -0.05) is 0 Å². The standard InChI is InChI=1S/C24H48O10/c1-22(2)33-21-20-32-19-18-31-17-16-30-15-14-29-13-12-28-11-10-27-9-8-26-7-6-23(25)34-24(3,4)5/h22H,6-21H2,1-5H3. The molecule has 0 aliphatic carbocycles. The number of carbonyl (C=O) groups excluding carboxylic acids is 1. The Balaban J connectivity index is 3.11. The maximum atomic E-state index is 11.5. The summed E-state index contributed by atoms with van der Waals surface area (Å²) in [7, 11) is 0. The van der Waals surface area contributed by atoms with Crippen LogP contribution in [0.4, 0.5) is 0 Å². The van der Waals surface area contributed by atoms with E-state index in [1.165, 1.54) is 0 Å². The van der Waals surface area contributed by atoms with Crippen molar-refractivity contribution in [3.05, 3.63) is 0 Å². The molecule has 34 heavy (non-hydrogen) atoms. The van der Waals surface area contributed by atoms with Gasteiger partial charge in [-0.25, -0.2) is 0 Å². The van der Waals surface area contributed by atoms with Crippen LogP contribution in [-0.2, 0) is 47.4 Å². The molecule has 0 aromatic rings. The first-order valence-electron chi connectivity index (χ1n) is 12.2. The molecule has 0 aliphatic rings. The van der Waals surface area contributed by atoms with Crippen LogP contribution in [0.25, 0.3) is 0 Å². The fraction of sp³-hybridized carbons (Fsp3) is 0.958. The van der Waals surface area contributed by atoms with Crippen LogP contribution in [0.1, 0.15) is 41.0 Å². The monoisotopic (exact) mass is 496 g/mol. The zero-order valence-corrected chi connectivity index (χ0v) is 22.0. The van der Waals surface area contributed by atoms with E-state index >= 15 is 0 Å². The lowest BCUT2D eigenvalue weighted by molar-refractivity contribution is -0.156. The molecular weight excluding hydrogens is 448 g/mol. The number of esters is 1. The van der Waals surface area contributed by atoms with Crippen LogP contribution < -0.4 is 0 Å². The van der Waals surface area contributed by atoms with Gasteiger partial charge in [-0.3, -0.25) is 4.79 Å². The van der Waals surface area contributed by atoms with Gasteiger partial charge in [0.05, 0.1) is 112 Å². The average molecular weight is 497 g/mol. The van der Waals surface area contributed by atoms with Gasteiger partial charge in [0.15, 0.2) is 0 Å². The summed E-state index contributed by atoms with van der Waals surface area (Å²) in [4.78, 5) is 11.5. The zero-order valence-electron chi connectivity index (χ0n) is 22.0. The van der Waals surface area contributed by atoms with Crippen molar-refractivity contribution in [1.82, 2.24) is 0 Å². The number of carbonyl (C=O) groups is 1. The third kappa shape index (κ3) is 29.2. The quantitative estimate of drug-likeness (QED) is 0.138. The normalized spacial score (nSPS) is 11.9. The van der Waals surface area contributed by atoms with Crippen molar-refractivity contribution in [2.45, 2.75) is 52.7 Å². The van der Waals surface area contributed by atoms with Crippen molar-refractivity contribution < 1.29 is 47.4 Å². The van der Waals surface area contributed by atoms with E-state index in [2.05, 4.69) is 0 Å². The minimum atomic E-state index is -0.464. The largest absolute Gasteiger partial charge is 0.460 e. The van der Waals surface area contributed by atoms with Gasteiger partial charge in [-0.2, -0.15) is 0 Å². The SMILES string of the molecule is CC(C)OCCOCCOCCOCCOCCOCCOCCOCCC(=O)OC(C)(C)C. The van der Waals surface area contributed by atoms with Crippen LogP contribution in [0, 0.1) is 0 Å². The van der Waals surface area contributed by atoms with Crippen LogP contribution in [0.3, 0.4) is 0 Å². The highest BCUT2D eigenvalue weighted by atomic mass is 16.6. The minimum Gasteiger partial charge on any atom is -0.460 e. The smallest absolute Gasteiger partial charge is 0.308 e. The van der Waals surface area contributed by atoms with Gasteiger partial charge in [0.1, 0.15) is 5.60 Å². The van der Waals surface area contributed by atoms with Crippen molar-refractivity contribution >= 4 is 5.97 Å². The minimum absolute atomic E-state index is 0.232. The Morgan fingerprint density at radius 1 is 0.529 bits per heavy atom. The first kappa shape index (κ1) is 33.1. The summed E-state index contributed by atoms with van der Waals surface area (Å²) in [5, 5.41) is 0. The molecule has 204 valence electrons. The van der Waals surface area contributed by atoms with Crippen LogP contribution in [-0.4, -0.2) is 117 Å². The van der Waals surface area contributed by atoms with E-state index in [1.807, 2.05) is 34.6 Å². The fourth-order valence-corrected chi connectivity index (χ4v) is 2.31. The van der Waals surface area contributed by atoms with E-state index in [4.69, 9.17) is 42.6 Å². The molecule has 0 aromatic heterocycles. The molecule has 0 amide bonds. The summed E-state index contributed by atoms with van der Waals surface area (Å²) in [6, 6.07) is 0. The summed E-state index contributed by atoms with van der Waals surface area (Å²) < 4.78 is 48.4. The molecule has 0 rings (SSSR count). The topological polar surface area (TPSA) is 100 Å². The Morgan fingerprint density at radius 3 is 1.12 bits per heavy atom. The predicted octanol–water partition coefficient (Wildman–Crippen LogP) is 2.26. The fourth-order valence-electron chi connectivity index (χ4n) is 2.31. The van der Waals surface area contributed by atoms with Gasteiger partial charge in [0, 0.05) is 0 Å². The lowest BCUT2D eigenvalue weighted by Crippen LogP contribution is -2.24. The van der Waals surface area contributed by atoms with Gasteiger partial charge in [0.25, 0.3) is 0 Å². The Morgan fingerprint density at radius 2 is 0.824 bits per heavy atom. The molecule has 10 nitrogen and oxygen atoms in total. The van der Waals surface area contributed by atoms with Crippen LogP contribution in [0.2, 0.25) is 0 Å². The molecule has 0 aliphatic heterocycles. The van der Waals surface area contributed by atoms with E-state index in [0.717, 1.165) is 0 Å². The molecule has 0 atom stereocenters. The molecule has 0 saturated heterocycles. The van der Waals surface area contributed by atoms with Gasteiger partial charge >= 0.3 is 5.97 Å². The van der Waals surface area contributed by atoms with Gasteiger partial charge in [0.2, 0.25) is 0 Å². The van der Waals surface area contributed by atoms with E-state index in [-0.39, 0.29) is 18.5 Å². The summed E-state index contributed by atoms with van der Waals surface area (Å²) in [6.07, 6.45) is 0.472. The Kier molecular flexibility index (Phi) is 23.3. The first-order chi connectivity index (χ1) is 16.3. The van der Waals surface area contributed by atoms with Crippen molar-refractivity contribution in [2.24, 2.45) is 0 Å². The van der Waals surface area contributed by atoms with Crippen molar-refractivity contribution in [3.63, 3.8) is 0 Å². The highest BCUT2D eigenvalue weighted by Crippen LogP contribution is 2.08. The molecule has 0 fully saturated rings. The number of hydrogen-bond acceptors (Lipinski definition) is 10. The van der Waals surface area contributed by atoms with Crippen molar-refractivity contribution in [2.75, 3.05) is 99.1 Å². The van der Waals surface area contributed by atoms with E-state index < -0.39 is 5.60 Å². The molecule has 0 radical (unpaired) electrons. The molecular formula is C24H48O10. The highest BCUT2D eigenvalue weighted by Gasteiger charge is 2.15. The summed E-state index contributed by atoms with van der Waals surface area (Å²) in [5.74, 6) is -0.259. The zero-order chi connectivity index (χ0) is 25.3. The van der Waals surface area contributed by atoms with E-state index in [0.29, 0.717) is 99.1 Å². The van der Waals surface area contributed by atoms with Crippen LogP contribution in [0.5, 0.6) is 0 Å². The second-order valence-electron chi connectivity index (χ2n) is 8.54. The van der Waals surface area contributed by atoms with Crippen LogP contribution in [0.15, 0.2) is 0 Å². The van der Waals surface area contributed by atoms with Gasteiger partial charge in [-0.05, 0) is 34.6 Å². The lowest BCUT2D eigenvalue weighted by Gasteiger charge is -2.19. The Labute approximate surface area is 205 Å². The molecule has 0 aromatic carbocycles. The number of ether oxygens (including phenoxy) is 9. The molecule has 0 unspecified atom stereocenters. The third-order valence-electron chi connectivity index (χ3n) is 3.78. The average Bonchev–Trinajstić information content (AvgIpc) is 2.75. The Hall–Kier alpha value is -0.850. The third-order valence-corrected chi connectivity index (χ3v) is 3.78. The van der Waals surface area contributed by atoms with Crippen molar-refractivity contribution in [1.29, 1.82) is 0 Å². The second kappa shape index (κ2) is 23.9. The first-order valence-corrected chi connectivity index (χ1v) is 12.2. The summed E-state index contributed by atoms with van der Waals surface area (Å²) in [6.45, 7) is 17.1. The molecule has 10 heteroatoms. The summed E-state index contributed by atoms with van der Waals surface area (Å²) >= 11 is 0. The predicted molar refractivity (Wildman–Crippen MR) is 127 cm³/mol. The maximum Gasteiger partial charge on any atom is 0.308 e. The molecule has 0 N–H and O–H groups in total. The number of rotatable bonds is 25. The maximum absolute atomic E-state index is 11.5. The lowest BCUT2D eigenvalue weighted by atomic mass is 10.2. The van der Waals surface area contributed by atoms with Crippen LogP contribution >= 0.6 is 0 Å². The summed E-state index contributed by atoms with van der Waals surface area (Å²) in [5.41, 5.74) is -0.464. The molecule has 0 saturated carbocycles. The van der Waals surface area contributed by atoms with Gasteiger partial charge < -0.3 is 42.6 Å². The highest BCUT2D eigenvalue weighted by molar-refractivity contribution is 5.69. The molecule has 0 spiro atoms. The second-order valence-corrected chi connectivity index (χ2v) is 8.54. The molecule has 0 heterocycles. The van der Waals surface area contributed by atoms with E-state index in [1.54, 1.807) is 0 Å². The van der Waals surface area contributed by atoms with Gasteiger partial charge in [-0.15, -0.1) is 0 Å². The Bertz CT molecular complexity index is 440. The van der Waals surface area contributed by atoms with E-state index in [9.17, 15) is 4.79 Å².